The fraction of sp³-hybridized carbons (Fsp3) is 0.615. The van der Waals surface area contributed by atoms with Gasteiger partial charge in [-0.15, -0.1) is 0 Å². The van der Waals surface area contributed by atoms with Crippen molar-refractivity contribution in [3.8, 4) is 0 Å². The van der Waals surface area contributed by atoms with Crippen molar-refractivity contribution in [1.29, 1.82) is 0 Å². The number of nitrogens with one attached hydrogen (secondary N) is 2. The number of hydrogen-bond acceptors (Lipinski definition) is 8. The molecule has 2 aliphatic rings. The minimum Gasteiger partial charge on any atom is -0.366 e. The van der Waals surface area contributed by atoms with Crippen LogP contribution in [0.15, 0.2) is 18.2 Å². The highest BCUT2D eigenvalue weighted by molar-refractivity contribution is 5.94. The van der Waals surface area contributed by atoms with Gasteiger partial charge >= 0.3 is 0 Å². The number of anilines is 4. The van der Waals surface area contributed by atoms with E-state index in [4.69, 9.17) is 20.7 Å². The maximum Gasteiger partial charge on any atom is 0.248 e. The molecule has 2 aromatic rings. The third-order valence-corrected chi connectivity index (χ3v) is 6.84. The van der Waals surface area contributed by atoms with E-state index in [2.05, 4.69) is 41.2 Å². The maximum absolute atomic E-state index is 11.7. The van der Waals surface area contributed by atoms with Crippen molar-refractivity contribution in [1.82, 2.24) is 19.9 Å². The van der Waals surface area contributed by atoms with E-state index < -0.39 is 5.91 Å². The van der Waals surface area contributed by atoms with Crippen LogP contribution >= 0.6 is 0 Å². The topological polar surface area (TPSA) is 112 Å². The van der Waals surface area contributed by atoms with Crippen LogP contribution in [0.1, 0.15) is 68.8 Å². The summed E-state index contributed by atoms with van der Waals surface area (Å²) < 4.78 is 0. The molecule has 0 spiro atoms. The van der Waals surface area contributed by atoms with Crippen LogP contribution in [0.25, 0.3) is 0 Å². The molecule has 1 aliphatic carbocycles. The normalized spacial score (nSPS) is 19.2. The zero-order valence-electron chi connectivity index (χ0n) is 21.8. The third-order valence-electron chi connectivity index (χ3n) is 6.84. The van der Waals surface area contributed by atoms with Crippen molar-refractivity contribution in [2.45, 2.75) is 71.9 Å². The number of aryl methyl sites for hydroxylation is 1. The first kappa shape index (κ1) is 25.2. The molecule has 1 amide bonds. The number of likely N-dealkylation sites (tertiary alicyclic amines) is 1. The van der Waals surface area contributed by atoms with Crippen LogP contribution in [0.4, 0.5) is 23.5 Å². The minimum atomic E-state index is -0.468. The molecule has 0 unspecified atom stereocenters. The van der Waals surface area contributed by atoms with Gasteiger partial charge in [0.05, 0.1) is 0 Å². The number of nitrogens with two attached hydrogens (primary N) is 1. The summed E-state index contributed by atoms with van der Waals surface area (Å²) in [5.74, 6) is 1.15. The maximum atomic E-state index is 11.7. The number of carbonyl (C=O) groups is 1. The van der Waals surface area contributed by atoms with Gasteiger partial charge in [0.1, 0.15) is 0 Å². The molecule has 1 aromatic heterocycles. The zero-order chi connectivity index (χ0) is 25.2. The Morgan fingerprint density at radius 1 is 1.14 bits per heavy atom. The van der Waals surface area contributed by atoms with E-state index in [-0.39, 0.29) is 5.41 Å². The van der Waals surface area contributed by atoms with Crippen LogP contribution in [0.5, 0.6) is 0 Å². The van der Waals surface area contributed by atoms with E-state index in [1.807, 2.05) is 20.0 Å². The lowest BCUT2D eigenvalue weighted by Crippen LogP contribution is -2.34. The number of aromatic nitrogens is 3. The van der Waals surface area contributed by atoms with E-state index in [0.29, 0.717) is 29.5 Å². The van der Waals surface area contributed by atoms with Crippen LogP contribution < -0.4 is 21.3 Å². The molecule has 0 bridgehead atoms. The lowest BCUT2D eigenvalue weighted by Gasteiger charge is -2.27. The number of rotatable bonds is 8. The third kappa shape index (κ3) is 6.60. The Labute approximate surface area is 208 Å². The van der Waals surface area contributed by atoms with Crippen LogP contribution in [0.2, 0.25) is 0 Å². The van der Waals surface area contributed by atoms with Crippen molar-refractivity contribution in [3.05, 3.63) is 29.3 Å². The van der Waals surface area contributed by atoms with E-state index >= 15 is 0 Å². The van der Waals surface area contributed by atoms with Crippen LogP contribution in [-0.4, -0.2) is 64.5 Å². The number of primary amides is 1. The molecule has 1 atom stereocenters. The molecule has 4 N–H and O–H groups in total. The minimum absolute atomic E-state index is 0.0855. The van der Waals surface area contributed by atoms with Gasteiger partial charge in [-0.1, -0.05) is 39.7 Å². The van der Waals surface area contributed by atoms with Gasteiger partial charge in [-0.05, 0) is 49.3 Å². The molecule has 9 nitrogen and oxygen atoms in total. The van der Waals surface area contributed by atoms with Crippen molar-refractivity contribution in [2.75, 3.05) is 42.2 Å². The summed E-state index contributed by atoms with van der Waals surface area (Å²) in [7, 11) is 2.00. The lowest BCUT2D eigenvalue weighted by atomic mass is 9.96. The Morgan fingerprint density at radius 3 is 2.54 bits per heavy atom. The molecule has 190 valence electrons. The summed E-state index contributed by atoms with van der Waals surface area (Å²) in [6.07, 6.45) is 6.41. The van der Waals surface area contributed by atoms with Crippen LogP contribution in [0.3, 0.4) is 0 Å². The quantitative estimate of drug-likeness (QED) is 0.521. The van der Waals surface area contributed by atoms with Gasteiger partial charge in [-0.3, -0.25) is 9.69 Å². The molecule has 2 heterocycles. The summed E-state index contributed by atoms with van der Waals surface area (Å²) in [6, 6.07) is 6.37. The summed E-state index contributed by atoms with van der Waals surface area (Å²) in [5.41, 5.74) is 7.73. The van der Waals surface area contributed by atoms with Gasteiger partial charge in [-0.25, -0.2) is 0 Å². The van der Waals surface area contributed by atoms with Crippen LogP contribution in [-0.2, 0) is 0 Å². The second-order valence-corrected chi connectivity index (χ2v) is 11.3. The second kappa shape index (κ2) is 10.4. The van der Waals surface area contributed by atoms with Crippen LogP contribution in [0, 0.1) is 12.3 Å². The Morgan fingerprint density at radius 2 is 1.86 bits per heavy atom. The van der Waals surface area contributed by atoms with Gasteiger partial charge in [-0.2, -0.15) is 15.0 Å². The Balaban J connectivity index is 1.57. The number of nitrogens with zero attached hydrogens (tertiary/aromatic N) is 5. The molecule has 1 aromatic carbocycles. The average Bonchev–Trinajstić information content (AvgIpc) is 3.46. The molecule has 1 aliphatic heterocycles. The van der Waals surface area contributed by atoms with E-state index in [1.165, 1.54) is 25.7 Å². The lowest BCUT2D eigenvalue weighted by molar-refractivity contribution is 0.100. The van der Waals surface area contributed by atoms with E-state index in [1.54, 1.807) is 12.1 Å². The Hall–Kier alpha value is -2.94. The fourth-order valence-electron chi connectivity index (χ4n) is 5.16. The Bertz CT molecular complexity index is 1040. The monoisotopic (exact) mass is 480 g/mol. The first-order chi connectivity index (χ1) is 16.6. The number of benzene rings is 1. The SMILES string of the molecule is Cc1ccc(C(N)=O)cc1Nc1nc(N[C@H]2CCN(C3CCCC3)C2)nc(N(C)CC(C)(C)C)n1. The van der Waals surface area contributed by atoms with Gasteiger partial charge in [0.2, 0.25) is 23.8 Å². The predicted octanol–water partition coefficient (Wildman–Crippen LogP) is 3.93. The van der Waals surface area contributed by atoms with Crippen molar-refractivity contribution < 1.29 is 4.79 Å². The number of hydrogen-bond donors (Lipinski definition) is 3. The fourth-order valence-corrected chi connectivity index (χ4v) is 5.16. The standard InChI is InChI=1S/C26H40N8O/c1-17-10-11-18(22(27)35)14-21(17)29-24-30-23(31-25(32-24)33(5)16-26(2,3)4)28-19-12-13-34(15-19)20-8-6-7-9-20/h10-11,14,19-20H,6-9,12-13,15-16H2,1-5H3,(H2,27,35)(H2,28,29,30,31,32)/t19-/m0/s1. The largest absolute Gasteiger partial charge is 0.366 e. The first-order valence-electron chi connectivity index (χ1n) is 12.7. The Kier molecular flexibility index (Phi) is 7.44. The molecular formula is C26H40N8O. The highest BCUT2D eigenvalue weighted by Gasteiger charge is 2.30. The molecule has 4 rings (SSSR count). The van der Waals surface area contributed by atoms with Crippen molar-refractivity contribution in [2.24, 2.45) is 11.1 Å². The van der Waals surface area contributed by atoms with Gasteiger partial charge in [0.15, 0.2) is 0 Å². The van der Waals surface area contributed by atoms with E-state index in [0.717, 1.165) is 43.3 Å². The number of carbonyl (C=O) groups excluding carboxylic acids is 1. The summed E-state index contributed by atoms with van der Waals surface area (Å²) in [5, 5.41) is 6.88. The molecule has 9 heteroatoms. The van der Waals surface area contributed by atoms with Gasteiger partial charge in [0, 0.05) is 50.0 Å². The van der Waals surface area contributed by atoms with Crippen molar-refractivity contribution in [3.63, 3.8) is 0 Å². The first-order valence-corrected chi connectivity index (χ1v) is 12.7. The molecule has 1 saturated heterocycles. The van der Waals surface area contributed by atoms with Gasteiger partial charge < -0.3 is 21.3 Å². The smallest absolute Gasteiger partial charge is 0.248 e. The highest BCUT2D eigenvalue weighted by atomic mass is 16.1. The highest BCUT2D eigenvalue weighted by Crippen LogP contribution is 2.28. The average molecular weight is 481 g/mol. The predicted molar refractivity (Wildman–Crippen MR) is 141 cm³/mol. The molecular weight excluding hydrogens is 440 g/mol. The molecule has 1 saturated carbocycles. The number of amides is 1. The molecule has 35 heavy (non-hydrogen) atoms. The summed E-state index contributed by atoms with van der Waals surface area (Å²) >= 11 is 0. The van der Waals surface area contributed by atoms with E-state index in [9.17, 15) is 4.79 Å². The van der Waals surface area contributed by atoms with Crippen molar-refractivity contribution >= 4 is 29.4 Å². The molecule has 0 radical (unpaired) electrons. The zero-order valence-corrected chi connectivity index (χ0v) is 21.8. The van der Waals surface area contributed by atoms with Gasteiger partial charge in [0.25, 0.3) is 0 Å². The summed E-state index contributed by atoms with van der Waals surface area (Å²) in [6.45, 7) is 11.5. The molecule has 2 fully saturated rings. The second-order valence-electron chi connectivity index (χ2n) is 11.3. The summed E-state index contributed by atoms with van der Waals surface area (Å²) in [4.78, 5) is 30.6.